The van der Waals surface area contributed by atoms with E-state index >= 15 is 0 Å². The van der Waals surface area contributed by atoms with Crippen molar-refractivity contribution in [3.8, 4) is 0 Å². The molecule has 0 N–H and O–H groups in total. The summed E-state index contributed by atoms with van der Waals surface area (Å²) < 4.78 is 22.4. The van der Waals surface area contributed by atoms with Gasteiger partial charge in [0.1, 0.15) is 12.2 Å². The zero-order chi connectivity index (χ0) is 14.3. The summed E-state index contributed by atoms with van der Waals surface area (Å²) in [6.07, 6.45) is 0.794. The maximum atomic E-state index is 13.3. The van der Waals surface area contributed by atoms with Gasteiger partial charge in [0.15, 0.2) is 0 Å². The van der Waals surface area contributed by atoms with Crippen LogP contribution in [0.25, 0.3) is 0 Å². The first-order valence-electron chi connectivity index (χ1n) is 5.46. The summed E-state index contributed by atoms with van der Waals surface area (Å²) in [4.78, 5) is 22.3. The van der Waals surface area contributed by atoms with Crippen molar-refractivity contribution in [1.82, 2.24) is 0 Å². The van der Waals surface area contributed by atoms with Crippen LogP contribution in [-0.4, -0.2) is 11.9 Å². The fourth-order valence-electron chi connectivity index (χ4n) is 1.12. The minimum atomic E-state index is -1.29. The van der Waals surface area contributed by atoms with Gasteiger partial charge in [0, 0.05) is 6.08 Å². The number of benzene rings is 1. The maximum Gasteiger partial charge on any atom is 0.340 e. The third-order valence-electron chi connectivity index (χ3n) is 2.17. The molecule has 4 nitrogen and oxygen atoms in total. The minimum Gasteiger partial charge on any atom is -0.457 e. The van der Waals surface area contributed by atoms with Gasteiger partial charge in [-0.1, -0.05) is 36.9 Å². The Bertz CT molecular complexity index is 505. The normalized spacial score (nSPS) is 11.3. The van der Waals surface area contributed by atoms with Gasteiger partial charge in [-0.3, -0.25) is 0 Å². The molecule has 0 aliphatic rings. The molecular formula is C14H13FO4. The SMILES string of the molecule is C=CC(=O)OC(F)=C(C)C(=O)OCc1ccccc1. The molecule has 0 aromatic heterocycles. The number of halogens is 1. The van der Waals surface area contributed by atoms with Gasteiger partial charge in [0.05, 0.1) is 0 Å². The van der Waals surface area contributed by atoms with E-state index < -0.39 is 23.5 Å². The minimum absolute atomic E-state index is 0.0136. The molecule has 0 unspecified atom stereocenters. The fraction of sp³-hybridized carbons (Fsp3) is 0.143. The van der Waals surface area contributed by atoms with Gasteiger partial charge in [0.25, 0.3) is 6.01 Å². The predicted octanol–water partition coefficient (Wildman–Crippen LogP) is 2.66. The highest BCUT2D eigenvalue weighted by Crippen LogP contribution is 2.11. The molecule has 1 aromatic rings. The maximum absolute atomic E-state index is 13.3. The molecular weight excluding hydrogens is 251 g/mol. The van der Waals surface area contributed by atoms with E-state index in [-0.39, 0.29) is 6.61 Å². The van der Waals surface area contributed by atoms with Crippen LogP contribution < -0.4 is 0 Å². The Labute approximate surface area is 110 Å². The standard InChI is InChI=1S/C14H13FO4/c1-3-12(16)19-13(15)10(2)14(17)18-9-11-7-5-4-6-8-11/h3-8H,1,9H2,2H3. The second-order valence-electron chi connectivity index (χ2n) is 3.59. The monoisotopic (exact) mass is 264 g/mol. The van der Waals surface area contributed by atoms with E-state index in [0.29, 0.717) is 0 Å². The van der Waals surface area contributed by atoms with E-state index in [1.165, 1.54) is 6.92 Å². The lowest BCUT2D eigenvalue weighted by molar-refractivity contribution is -0.141. The molecule has 0 heterocycles. The number of rotatable bonds is 5. The molecule has 0 fully saturated rings. The molecule has 0 bridgehead atoms. The summed E-state index contributed by atoms with van der Waals surface area (Å²) in [7, 11) is 0. The predicted molar refractivity (Wildman–Crippen MR) is 66.3 cm³/mol. The number of ether oxygens (including phenoxy) is 2. The third-order valence-corrected chi connectivity index (χ3v) is 2.17. The summed E-state index contributed by atoms with van der Waals surface area (Å²) in [6, 6.07) is 7.64. The average molecular weight is 264 g/mol. The Morgan fingerprint density at radius 1 is 1.32 bits per heavy atom. The second kappa shape index (κ2) is 7.10. The molecule has 0 radical (unpaired) electrons. The van der Waals surface area contributed by atoms with E-state index in [1.54, 1.807) is 24.3 Å². The van der Waals surface area contributed by atoms with Crippen LogP contribution in [-0.2, 0) is 25.7 Å². The van der Waals surface area contributed by atoms with E-state index in [9.17, 15) is 14.0 Å². The van der Waals surface area contributed by atoms with Crippen LogP contribution in [0.15, 0.2) is 54.6 Å². The number of carbonyl (C=O) groups is 2. The van der Waals surface area contributed by atoms with Crippen molar-refractivity contribution in [1.29, 1.82) is 0 Å². The molecule has 0 amide bonds. The molecule has 0 saturated carbocycles. The average Bonchev–Trinajstić information content (AvgIpc) is 2.44. The highest BCUT2D eigenvalue weighted by Gasteiger charge is 2.15. The van der Waals surface area contributed by atoms with Gasteiger partial charge in [-0.2, -0.15) is 4.39 Å². The first-order valence-corrected chi connectivity index (χ1v) is 5.46. The molecule has 1 rings (SSSR count). The smallest absolute Gasteiger partial charge is 0.340 e. The molecule has 0 spiro atoms. The topological polar surface area (TPSA) is 52.6 Å². The Balaban J connectivity index is 2.59. The van der Waals surface area contributed by atoms with Crippen LogP contribution in [0, 0.1) is 0 Å². The second-order valence-corrected chi connectivity index (χ2v) is 3.59. The number of hydrogen-bond donors (Lipinski definition) is 0. The van der Waals surface area contributed by atoms with Gasteiger partial charge in [0.2, 0.25) is 0 Å². The highest BCUT2D eigenvalue weighted by atomic mass is 19.1. The Kier molecular flexibility index (Phi) is 5.47. The Morgan fingerprint density at radius 2 is 1.95 bits per heavy atom. The van der Waals surface area contributed by atoms with Crippen molar-refractivity contribution in [2.24, 2.45) is 0 Å². The molecule has 0 atom stereocenters. The highest BCUT2D eigenvalue weighted by molar-refractivity contribution is 5.89. The van der Waals surface area contributed by atoms with Gasteiger partial charge in [-0.25, -0.2) is 9.59 Å². The third kappa shape index (κ3) is 4.75. The van der Waals surface area contributed by atoms with Crippen molar-refractivity contribution in [3.05, 3.63) is 60.1 Å². The summed E-state index contributed by atoms with van der Waals surface area (Å²) in [6.45, 7) is 4.29. The fourth-order valence-corrected chi connectivity index (χ4v) is 1.12. The van der Waals surface area contributed by atoms with E-state index in [1.807, 2.05) is 6.07 Å². The Hall–Kier alpha value is -2.43. The van der Waals surface area contributed by atoms with Crippen molar-refractivity contribution in [3.63, 3.8) is 0 Å². The zero-order valence-corrected chi connectivity index (χ0v) is 10.4. The molecule has 0 aliphatic carbocycles. The summed E-state index contributed by atoms with van der Waals surface area (Å²) >= 11 is 0. The van der Waals surface area contributed by atoms with Crippen LogP contribution in [0.4, 0.5) is 4.39 Å². The van der Waals surface area contributed by atoms with E-state index in [0.717, 1.165) is 11.6 Å². The van der Waals surface area contributed by atoms with Gasteiger partial charge in [-0.05, 0) is 12.5 Å². The van der Waals surface area contributed by atoms with Gasteiger partial charge in [-0.15, -0.1) is 0 Å². The zero-order valence-electron chi connectivity index (χ0n) is 10.4. The lowest BCUT2D eigenvalue weighted by Crippen LogP contribution is -2.09. The summed E-state index contributed by atoms with van der Waals surface area (Å²) in [5, 5.41) is 0. The first-order chi connectivity index (χ1) is 9.04. The van der Waals surface area contributed by atoms with Crippen LogP contribution in [0.5, 0.6) is 0 Å². The number of esters is 2. The number of hydrogen-bond acceptors (Lipinski definition) is 4. The quantitative estimate of drug-likeness (QED) is 0.466. The van der Waals surface area contributed by atoms with Crippen molar-refractivity contribution < 1.29 is 23.5 Å². The van der Waals surface area contributed by atoms with Crippen molar-refractivity contribution >= 4 is 11.9 Å². The molecule has 100 valence electrons. The van der Waals surface area contributed by atoms with Crippen LogP contribution in [0.3, 0.4) is 0 Å². The molecule has 0 saturated heterocycles. The molecule has 1 aromatic carbocycles. The number of carbonyl (C=O) groups excluding carboxylic acids is 2. The molecule has 5 heteroatoms. The molecule has 0 aliphatic heterocycles. The lowest BCUT2D eigenvalue weighted by Gasteiger charge is -2.06. The van der Waals surface area contributed by atoms with E-state index in [4.69, 9.17) is 4.74 Å². The van der Waals surface area contributed by atoms with Crippen LogP contribution in [0.2, 0.25) is 0 Å². The summed E-state index contributed by atoms with van der Waals surface area (Å²) in [5.41, 5.74) is 0.360. The van der Waals surface area contributed by atoms with Crippen molar-refractivity contribution in [2.75, 3.05) is 0 Å². The van der Waals surface area contributed by atoms with Gasteiger partial charge < -0.3 is 9.47 Å². The van der Waals surface area contributed by atoms with Gasteiger partial charge >= 0.3 is 11.9 Å². The molecule has 19 heavy (non-hydrogen) atoms. The lowest BCUT2D eigenvalue weighted by atomic mass is 10.2. The largest absolute Gasteiger partial charge is 0.457 e. The van der Waals surface area contributed by atoms with Crippen LogP contribution in [0.1, 0.15) is 12.5 Å². The Morgan fingerprint density at radius 3 is 2.53 bits per heavy atom. The van der Waals surface area contributed by atoms with Crippen molar-refractivity contribution in [2.45, 2.75) is 13.5 Å². The first kappa shape index (κ1) is 14.6. The van der Waals surface area contributed by atoms with E-state index in [2.05, 4.69) is 11.3 Å². The summed E-state index contributed by atoms with van der Waals surface area (Å²) in [5.74, 6) is -1.87. The van der Waals surface area contributed by atoms with Crippen LogP contribution >= 0.6 is 0 Å².